The van der Waals surface area contributed by atoms with Gasteiger partial charge in [0.1, 0.15) is 5.82 Å². The number of hydrogen-bond donors (Lipinski definition) is 3. The molecule has 0 atom stereocenters. The molecule has 5 nitrogen and oxygen atoms in total. The molecular formula is C12H13FN2O3. The van der Waals surface area contributed by atoms with E-state index >= 15 is 0 Å². The lowest BCUT2D eigenvalue weighted by Crippen LogP contribution is -2.43. The van der Waals surface area contributed by atoms with Crippen LogP contribution in [0.2, 0.25) is 0 Å². The van der Waals surface area contributed by atoms with Crippen molar-refractivity contribution in [1.82, 2.24) is 5.32 Å². The number of amides is 1. The molecule has 1 heterocycles. The van der Waals surface area contributed by atoms with E-state index < -0.39 is 17.3 Å². The summed E-state index contributed by atoms with van der Waals surface area (Å²) in [6.07, 6.45) is 0.384. The lowest BCUT2D eigenvalue weighted by molar-refractivity contribution is -0.117. The van der Waals surface area contributed by atoms with E-state index in [1.54, 1.807) is 0 Å². The monoisotopic (exact) mass is 252 g/mol. The van der Waals surface area contributed by atoms with Gasteiger partial charge in [-0.25, -0.2) is 9.18 Å². The first kappa shape index (κ1) is 12.5. The topological polar surface area (TPSA) is 78.4 Å². The van der Waals surface area contributed by atoms with Crippen LogP contribution in [0.25, 0.3) is 0 Å². The molecule has 6 heteroatoms. The molecule has 18 heavy (non-hydrogen) atoms. The molecule has 1 aliphatic heterocycles. The first-order valence-electron chi connectivity index (χ1n) is 5.59. The number of aromatic carboxylic acids is 1. The van der Waals surface area contributed by atoms with Crippen molar-refractivity contribution in [3.05, 3.63) is 29.6 Å². The van der Waals surface area contributed by atoms with Gasteiger partial charge in [-0.3, -0.25) is 4.79 Å². The standard InChI is InChI=1S/C12H13FN2O3/c13-10-4-8(1-2-9(10)12(17)18)15-11(16)3-7-5-14-6-7/h1-2,4,7,14H,3,5-6H2,(H,15,16)(H,17,18). The predicted molar refractivity (Wildman–Crippen MR) is 63.0 cm³/mol. The van der Waals surface area contributed by atoms with Gasteiger partial charge in [0.05, 0.1) is 5.56 Å². The van der Waals surface area contributed by atoms with Crippen LogP contribution in [0, 0.1) is 11.7 Å². The summed E-state index contributed by atoms with van der Waals surface area (Å²) in [4.78, 5) is 22.2. The second-order valence-electron chi connectivity index (χ2n) is 4.28. The van der Waals surface area contributed by atoms with Crippen LogP contribution in [0.5, 0.6) is 0 Å². The summed E-state index contributed by atoms with van der Waals surface area (Å²) in [5.41, 5.74) is -0.133. The molecule has 0 aromatic heterocycles. The molecule has 0 bridgehead atoms. The Hall–Kier alpha value is -1.95. The van der Waals surface area contributed by atoms with Crippen molar-refractivity contribution in [3.63, 3.8) is 0 Å². The molecule has 0 aliphatic carbocycles. The predicted octanol–water partition coefficient (Wildman–Crippen LogP) is 1.07. The SMILES string of the molecule is O=C(CC1CNC1)Nc1ccc(C(=O)O)c(F)c1. The van der Waals surface area contributed by atoms with Crippen LogP contribution in [0.1, 0.15) is 16.8 Å². The third-order valence-corrected chi connectivity index (χ3v) is 2.82. The van der Waals surface area contributed by atoms with Crippen molar-refractivity contribution < 1.29 is 19.1 Å². The molecule has 2 rings (SSSR count). The van der Waals surface area contributed by atoms with Crippen molar-refractivity contribution in [3.8, 4) is 0 Å². The number of anilines is 1. The number of halogens is 1. The number of rotatable bonds is 4. The Balaban J connectivity index is 1.98. The lowest BCUT2D eigenvalue weighted by atomic mass is 9.99. The minimum atomic E-state index is -1.33. The molecule has 3 N–H and O–H groups in total. The highest BCUT2D eigenvalue weighted by Gasteiger charge is 2.20. The third-order valence-electron chi connectivity index (χ3n) is 2.82. The first-order chi connectivity index (χ1) is 8.56. The van der Waals surface area contributed by atoms with Gasteiger partial charge in [-0.05, 0) is 37.2 Å². The third kappa shape index (κ3) is 2.84. The van der Waals surface area contributed by atoms with Gasteiger partial charge in [0, 0.05) is 12.1 Å². The largest absolute Gasteiger partial charge is 0.478 e. The van der Waals surface area contributed by atoms with Crippen LogP contribution >= 0.6 is 0 Å². The molecule has 1 aromatic carbocycles. The number of carbonyl (C=O) groups excluding carboxylic acids is 1. The number of carbonyl (C=O) groups is 2. The molecular weight excluding hydrogens is 239 g/mol. The molecule has 1 aromatic rings. The summed E-state index contributed by atoms with van der Waals surface area (Å²) in [6.45, 7) is 1.64. The summed E-state index contributed by atoms with van der Waals surface area (Å²) in [5, 5.41) is 14.3. The van der Waals surface area contributed by atoms with Crippen LogP contribution in [-0.4, -0.2) is 30.1 Å². The van der Waals surface area contributed by atoms with Crippen LogP contribution in [0.4, 0.5) is 10.1 Å². The molecule has 0 saturated carbocycles. The first-order valence-corrected chi connectivity index (χ1v) is 5.59. The molecule has 1 fully saturated rings. The number of carboxylic acid groups (broad SMARTS) is 1. The average molecular weight is 252 g/mol. The number of hydrogen-bond acceptors (Lipinski definition) is 3. The summed E-state index contributed by atoms with van der Waals surface area (Å²) < 4.78 is 13.3. The summed E-state index contributed by atoms with van der Waals surface area (Å²) in [6, 6.07) is 3.53. The van der Waals surface area contributed by atoms with Gasteiger partial charge >= 0.3 is 5.97 Å². The summed E-state index contributed by atoms with van der Waals surface area (Å²) >= 11 is 0. The van der Waals surface area contributed by atoms with E-state index in [0.717, 1.165) is 25.2 Å². The van der Waals surface area contributed by atoms with Crippen molar-refractivity contribution >= 4 is 17.6 Å². The maximum atomic E-state index is 13.3. The van der Waals surface area contributed by atoms with E-state index in [4.69, 9.17) is 5.11 Å². The Morgan fingerprint density at radius 3 is 2.67 bits per heavy atom. The quantitative estimate of drug-likeness (QED) is 0.749. The fourth-order valence-corrected chi connectivity index (χ4v) is 1.73. The zero-order valence-corrected chi connectivity index (χ0v) is 9.57. The minimum absolute atomic E-state index is 0.191. The van der Waals surface area contributed by atoms with Gasteiger partial charge in [-0.1, -0.05) is 0 Å². The van der Waals surface area contributed by atoms with E-state index in [2.05, 4.69) is 10.6 Å². The Morgan fingerprint density at radius 2 is 2.17 bits per heavy atom. The number of benzene rings is 1. The normalized spacial score (nSPS) is 14.9. The molecule has 96 valence electrons. The number of nitrogens with one attached hydrogen (secondary N) is 2. The van der Waals surface area contributed by atoms with E-state index in [1.165, 1.54) is 6.07 Å². The van der Waals surface area contributed by atoms with Gasteiger partial charge in [0.25, 0.3) is 0 Å². The van der Waals surface area contributed by atoms with Gasteiger partial charge in [-0.15, -0.1) is 0 Å². The minimum Gasteiger partial charge on any atom is -0.478 e. The highest BCUT2D eigenvalue weighted by atomic mass is 19.1. The van der Waals surface area contributed by atoms with Crippen molar-refractivity contribution in [1.29, 1.82) is 0 Å². The van der Waals surface area contributed by atoms with Crippen molar-refractivity contribution in [2.45, 2.75) is 6.42 Å². The molecule has 1 amide bonds. The fraction of sp³-hybridized carbons (Fsp3) is 0.333. The summed E-state index contributed by atoms with van der Waals surface area (Å²) in [7, 11) is 0. The van der Waals surface area contributed by atoms with Gasteiger partial charge in [0.15, 0.2) is 0 Å². The zero-order chi connectivity index (χ0) is 13.1. The summed E-state index contributed by atoms with van der Waals surface area (Å²) in [5.74, 6) is -2.05. The highest BCUT2D eigenvalue weighted by Crippen LogP contribution is 2.16. The molecule has 0 unspecified atom stereocenters. The van der Waals surface area contributed by atoms with E-state index in [-0.39, 0.29) is 11.6 Å². The van der Waals surface area contributed by atoms with E-state index in [9.17, 15) is 14.0 Å². The van der Waals surface area contributed by atoms with E-state index in [1.807, 2.05) is 0 Å². The Bertz CT molecular complexity index is 486. The smallest absolute Gasteiger partial charge is 0.338 e. The maximum Gasteiger partial charge on any atom is 0.338 e. The van der Waals surface area contributed by atoms with Crippen LogP contribution in [-0.2, 0) is 4.79 Å². The van der Waals surface area contributed by atoms with Gasteiger partial charge < -0.3 is 15.7 Å². The number of carboxylic acids is 1. The fourth-order valence-electron chi connectivity index (χ4n) is 1.73. The van der Waals surface area contributed by atoms with E-state index in [0.29, 0.717) is 12.3 Å². The van der Waals surface area contributed by atoms with Crippen molar-refractivity contribution in [2.75, 3.05) is 18.4 Å². The zero-order valence-electron chi connectivity index (χ0n) is 9.57. The van der Waals surface area contributed by atoms with Gasteiger partial charge in [-0.2, -0.15) is 0 Å². The molecule has 0 radical (unpaired) electrons. The lowest BCUT2D eigenvalue weighted by Gasteiger charge is -2.26. The second-order valence-corrected chi connectivity index (χ2v) is 4.28. The Labute approximate surface area is 103 Å². The maximum absolute atomic E-state index is 13.3. The molecule has 1 saturated heterocycles. The van der Waals surface area contributed by atoms with Crippen LogP contribution in [0.3, 0.4) is 0 Å². The van der Waals surface area contributed by atoms with Gasteiger partial charge in [0.2, 0.25) is 5.91 Å². The molecule has 1 aliphatic rings. The highest BCUT2D eigenvalue weighted by molar-refractivity contribution is 5.92. The van der Waals surface area contributed by atoms with Crippen LogP contribution < -0.4 is 10.6 Å². The van der Waals surface area contributed by atoms with Crippen LogP contribution in [0.15, 0.2) is 18.2 Å². The Morgan fingerprint density at radius 1 is 1.44 bits per heavy atom. The Kier molecular flexibility index (Phi) is 3.57. The molecule has 0 spiro atoms. The second kappa shape index (κ2) is 5.14. The van der Waals surface area contributed by atoms with Crippen molar-refractivity contribution in [2.24, 2.45) is 5.92 Å². The average Bonchev–Trinajstić information content (AvgIpc) is 2.23.